The van der Waals surface area contributed by atoms with Crippen molar-refractivity contribution in [1.82, 2.24) is 0 Å². The predicted octanol–water partition coefficient (Wildman–Crippen LogP) is 2.49. The highest BCUT2D eigenvalue weighted by molar-refractivity contribution is 5.91. The summed E-state index contributed by atoms with van der Waals surface area (Å²) in [5, 5.41) is 10.6. The molecule has 0 radical (unpaired) electrons. The number of nitrogens with zero attached hydrogens (tertiary/aromatic N) is 1. The Balaban J connectivity index is 2.65. The minimum Gasteiger partial charge on any atom is -0.462 e. The molecular weight excluding hydrogens is 250 g/mol. The second-order valence-corrected chi connectivity index (χ2v) is 4.23. The van der Waals surface area contributed by atoms with E-state index >= 15 is 0 Å². The van der Waals surface area contributed by atoms with Crippen LogP contribution >= 0.6 is 0 Å². The molecule has 0 bridgehead atoms. The average Bonchev–Trinajstić information content (AvgIpc) is 2.37. The van der Waals surface area contributed by atoms with Gasteiger partial charge in [0.25, 0.3) is 5.69 Å². The van der Waals surface area contributed by atoms with E-state index in [1.54, 1.807) is 14.0 Å². The molecule has 0 spiro atoms. The van der Waals surface area contributed by atoms with E-state index in [2.05, 4.69) is 0 Å². The Morgan fingerprint density at radius 1 is 1.47 bits per heavy atom. The van der Waals surface area contributed by atoms with Crippen LogP contribution in [0.5, 0.6) is 0 Å². The van der Waals surface area contributed by atoms with Gasteiger partial charge in [-0.25, -0.2) is 4.79 Å². The summed E-state index contributed by atoms with van der Waals surface area (Å²) < 4.78 is 10.1. The maximum Gasteiger partial charge on any atom is 0.338 e. The maximum absolute atomic E-state index is 11.8. The van der Waals surface area contributed by atoms with Gasteiger partial charge in [0.15, 0.2) is 0 Å². The van der Waals surface area contributed by atoms with Gasteiger partial charge < -0.3 is 9.47 Å². The molecule has 1 aromatic rings. The maximum atomic E-state index is 11.8. The Hall–Kier alpha value is -1.95. The predicted molar refractivity (Wildman–Crippen MR) is 69.2 cm³/mol. The van der Waals surface area contributed by atoms with Crippen molar-refractivity contribution < 1.29 is 19.2 Å². The smallest absolute Gasteiger partial charge is 0.338 e. The first kappa shape index (κ1) is 15.1. The lowest BCUT2D eigenvalue weighted by Gasteiger charge is -2.10. The topological polar surface area (TPSA) is 78.7 Å². The van der Waals surface area contributed by atoms with Gasteiger partial charge in [0.05, 0.1) is 23.2 Å². The minimum absolute atomic E-state index is 0.0192. The Labute approximate surface area is 111 Å². The third kappa shape index (κ3) is 4.33. The van der Waals surface area contributed by atoms with Crippen LogP contribution in [-0.2, 0) is 9.47 Å². The summed E-state index contributed by atoms with van der Waals surface area (Å²) in [4.78, 5) is 21.9. The van der Waals surface area contributed by atoms with Gasteiger partial charge in [0.1, 0.15) is 0 Å². The van der Waals surface area contributed by atoms with E-state index < -0.39 is 10.9 Å². The third-order valence-corrected chi connectivity index (χ3v) is 2.80. The molecule has 6 nitrogen and oxygen atoms in total. The summed E-state index contributed by atoms with van der Waals surface area (Å²) in [6.45, 7) is 3.77. The number of nitro groups is 1. The van der Waals surface area contributed by atoms with E-state index in [0.29, 0.717) is 17.5 Å². The highest BCUT2D eigenvalue weighted by Crippen LogP contribution is 2.18. The summed E-state index contributed by atoms with van der Waals surface area (Å²) in [5.41, 5.74) is 0.830. The second-order valence-electron chi connectivity index (χ2n) is 4.23. The van der Waals surface area contributed by atoms with Crippen molar-refractivity contribution in [1.29, 1.82) is 0 Å². The van der Waals surface area contributed by atoms with Gasteiger partial charge in [-0.2, -0.15) is 0 Å². The molecule has 0 aliphatic heterocycles. The van der Waals surface area contributed by atoms with Crippen LogP contribution in [0.25, 0.3) is 0 Å². The van der Waals surface area contributed by atoms with Crippen LogP contribution in [-0.4, -0.2) is 30.7 Å². The molecule has 0 aliphatic rings. The highest BCUT2D eigenvalue weighted by atomic mass is 16.6. The summed E-state index contributed by atoms with van der Waals surface area (Å²) >= 11 is 0. The van der Waals surface area contributed by atoms with Gasteiger partial charge in [-0.1, -0.05) is 0 Å². The van der Waals surface area contributed by atoms with Gasteiger partial charge in [0.2, 0.25) is 0 Å². The number of hydrogen-bond acceptors (Lipinski definition) is 5. The first-order chi connectivity index (χ1) is 8.95. The highest BCUT2D eigenvalue weighted by Gasteiger charge is 2.14. The number of ether oxygens (including phenoxy) is 2. The molecule has 0 saturated carbocycles. The van der Waals surface area contributed by atoms with Gasteiger partial charge in [-0.3, -0.25) is 10.1 Å². The van der Waals surface area contributed by atoms with Crippen LogP contribution in [0, 0.1) is 17.0 Å². The largest absolute Gasteiger partial charge is 0.462 e. The molecule has 0 aromatic heterocycles. The number of non-ortho nitro benzene ring substituents is 1. The number of carbonyl (C=O) groups is 1. The Kier molecular flexibility index (Phi) is 5.44. The van der Waals surface area contributed by atoms with Crippen molar-refractivity contribution >= 4 is 11.7 Å². The monoisotopic (exact) mass is 267 g/mol. The molecule has 1 aromatic carbocycles. The zero-order valence-corrected chi connectivity index (χ0v) is 11.2. The molecule has 0 fully saturated rings. The molecule has 0 saturated heterocycles. The van der Waals surface area contributed by atoms with Crippen molar-refractivity contribution in [3.05, 3.63) is 39.4 Å². The average molecular weight is 267 g/mol. The fourth-order valence-electron chi connectivity index (χ4n) is 1.50. The molecule has 19 heavy (non-hydrogen) atoms. The molecule has 104 valence electrons. The summed E-state index contributed by atoms with van der Waals surface area (Å²) in [6, 6.07) is 4.06. The Bertz CT molecular complexity index is 472. The van der Waals surface area contributed by atoms with Gasteiger partial charge in [-0.15, -0.1) is 0 Å². The normalized spacial score (nSPS) is 11.9. The second kappa shape index (κ2) is 6.84. The number of hydrogen-bond donors (Lipinski definition) is 0. The quantitative estimate of drug-likeness (QED) is 0.449. The number of aryl methyl sites for hydroxylation is 1. The van der Waals surface area contributed by atoms with E-state index in [1.165, 1.54) is 18.2 Å². The Morgan fingerprint density at radius 3 is 2.68 bits per heavy atom. The lowest BCUT2D eigenvalue weighted by atomic mass is 10.1. The van der Waals surface area contributed by atoms with Gasteiger partial charge >= 0.3 is 5.97 Å². The zero-order valence-electron chi connectivity index (χ0n) is 11.2. The molecule has 0 amide bonds. The number of nitro benzene ring substituents is 1. The first-order valence-electron chi connectivity index (χ1n) is 5.90. The summed E-state index contributed by atoms with van der Waals surface area (Å²) in [7, 11) is 1.59. The summed E-state index contributed by atoms with van der Waals surface area (Å²) in [6.07, 6.45) is 0.625. The Morgan fingerprint density at radius 2 is 2.16 bits per heavy atom. The van der Waals surface area contributed by atoms with E-state index in [0.717, 1.165) is 0 Å². The fourth-order valence-corrected chi connectivity index (χ4v) is 1.50. The van der Waals surface area contributed by atoms with Crippen LogP contribution in [0.4, 0.5) is 5.69 Å². The lowest BCUT2D eigenvalue weighted by molar-refractivity contribution is -0.384. The molecular formula is C13H17NO5. The standard InChI is InChI=1S/C13H17NO5/c1-9-8-11(14(16)17)4-5-12(9)13(15)19-7-6-10(2)18-3/h4-5,8,10H,6-7H2,1-3H3. The zero-order chi connectivity index (χ0) is 14.4. The van der Waals surface area contributed by atoms with Crippen LogP contribution in [0.3, 0.4) is 0 Å². The van der Waals surface area contributed by atoms with Gasteiger partial charge in [0, 0.05) is 25.7 Å². The van der Waals surface area contributed by atoms with E-state index in [9.17, 15) is 14.9 Å². The van der Waals surface area contributed by atoms with Crippen molar-refractivity contribution in [2.75, 3.05) is 13.7 Å². The molecule has 0 heterocycles. The van der Waals surface area contributed by atoms with Crippen molar-refractivity contribution in [3.8, 4) is 0 Å². The number of carbonyl (C=O) groups excluding carboxylic acids is 1. The van der Waals surface area contributed by atoms with Crippen LogP contribution in [0.1, 0.15) is 29.3 Å². The van der Waals surface area contributed by atoms with Crippen molar-refractivity contribution in [2.24, 2.45) is 0 Å². The number of benzene rings is 1. The van der Waals surface area contributed by atoms with E-state index in [-0.39, 0.29) is 18.4 Å². The summed E-state index contributed by atoms with van der Waals surface area (Å²) in [5.74, 6) is -0.476. The molecule has 6 heteroatoms. The minimum atomic E-state index is -0.498. The van der Waals surface area contributed by atoms with E-state index in [4.69, 9.17) is 9.47 Å². The van der Waals surface area contributed by atoms with Crippen LogP contribution < -0.4 is 0 Å². The van der Waals surface area contributed by atoms with Crippen LogP contribution in [0.2, 0.25) is 0 Å². The molecule has 0 aliphatic carbocycles. The first-order valence-corrected chi connectivity index (χ1v) is 5.90. The van der Waals surface area contributed by atoms with Gasteiger partial charge in [-0.05, 0) is 25.5 Å². The molecule has 1 rings (SSSR count). The van der Waals surface area contributed by atoms with Crippen molar-refractivity contribution in [2.45, 2.75) is 26.4 Å². The number of rotatable bonds is 6. The van der Waals surface area contributed by atoms with Crippen molar-refractivity contribution in [3.63, 3.8) is 0 Å². The fraction of sp³-hybridized carbons (Fsp3) is 0.462. The lowest BCUT2D eigenvalue weighted by Crippen LogP contribution is -2.13. The molecule has 1 unspecified atom stereocenters. The molecule has 0 N–H and O–H groups in total. The third-order valence-electron chi connectivity index (χ3n) is 2.80. The molecule has 1 atom stereocenters. The number of esters is 1. The van der Waals surface area contributed by atoms with E-state index in [1.807, 2.05) is 6.92 Å². The van der Waals surface area contributed by atoms with Crippen LogP contribution in [0.15, 0.2) is 18.2 Å². The SMILES string of the molecule is COC(C)CCOC(=O)c1ccc([N+](=O)[O-])cc1C. The number of methoxy groups -OCH3 is 1.